The number of H-pyrrole nitrogens is 1. The largest absolute Gasteiger partial charge is 0.419 e. The molecule has 3 rings (SSSR count). The second-order valence-electron chi connectivity index (χ2n) is 5.81. The van der Waals surface area contributed by atoms with E-state index in [1.165, 1.54) is 4.68 Å². The Bertz CT molecular complexity index is 1040. The summed E-state index contributed by atoms with van der Waals surface area (Å²) in [6.45, 7) is 2.61. The van der Waals surface area contributed by atoms with Crippen molar-refractivity contribution in [3.63, 3.8) is 0 Å². The first-order chi connectivity index (χ1) is 12.1. The Morgan fingerprint density at radius 3 is 2.62 bits per heavy atom. The van der Waals surface area contributed by atoms with Gasteiger partial charge in [0.1, 0.15) is 22.7 Å². The van der Waals surface area contributed by atoms with Gasteiger partial charge in [-0.1, -0.05) is 6.07 Å². The number of rotatable bonds is 3. The number of aryl methyl sites for hydroxylation is 1. The van der Waals surface area contributed by atoms with Crippen LogP contribution in [0.25, 0.3) is 11.0 Å². The molecule has 0 saturated carbocycles. The Balaban J connectivity index is 2.15. The van der Waals surface area contributed by atoms with E-state index in [0.29, 0.717) is 11.9 Å². The van der Waals surface area contributed by atoms with Gasteiger partial charge < -0.3 is 10.1 Å². The van der Waals surface area contributed by atoms with Gasteiger partial charge in [-0.3, -0.25) is 4.79 Å². The highest BCUT2D eigenvalue weighted by molar-refractivity contribution is 5.77. The Labute approximate surface area is 144 Å². The van der Waals surface area contributed by atoms with E-state index in [0.717, 1.165) is 12.1 Å². The van der Waals surface area contributed by atoms with Crippen molar-refractivity contribution in [2.75, 3.05) is 0 Å². The Morgan fingerprint density at radius 1 is 1.35 bits per heavy atom. The summed E-state index contributed by atoms with van der Waals surface area (Å²) in [6, 6.07) is 1.86. The normalized spacial score (nSPS) is 13.3. The van der Waals surface area contributed by atoms with Gasteiger partial charge in [-0.2, -0.15) is 18.3 Å². The summed E-state index contributed by atoms with van der Waals surface area (Å²) in [5, 5.41) is 13.6. The molecule has 0 aliphatic carbocycles. The number of benzene rings is 1. The highest BCUT2D eigenvalue weighted by Crippen LogP contribution is 2.33. The summed E-state index contributed by atoms with van der Waals surface area (Å²) >= 11 is 0. The summed E-state index contributed by atoms with van der Waals surface area (Å²) in [5.74, 6) is -1.10. The number of hydrogen-bond acceptors (Lipinski definition) is 4. The van der Waals surface area contributed by atoms with E-state index in [2.05, 4.69) is 15.1 Å². The van der Waals surface area contributed by atoms with Crippen LogP contribution in [0, 0.1) is 12.7 Å². The molecular formula is C16H14F4N4O2. The average molecular weight is 370 g/mol. The van der Waals surface area contributed by atoms with Crippen molar-refractivity contribution in [1.29, 1.82) is 0 Å². The van der Waals surface area contributed by atoms with Crippen molar-refractivity contribution in [2.24, 2.45) is 0 Å². The number of hydrogen-bond donors (Lipinski definition) is 2. The third-order valence-electron chi connectivity index (χ3n) is 4.05. The maximum absolute atomic E-state index is 13.9. The lowest BCUT2D eigenvalue weighted by Gasteiger charge is -2.15. The van der Waals surface area contributed by atoms with Gasteiger partial charge in [0, 0.05) is 0 Å². The van der Waals surface area contributed by atoms with Gasteiger partial charge in [-0.25, -0.2) is 14.1 Å². The van der Waals surface area contributed by atoms with Crippen molar-refractivity contribution in [1.82, 2.24) is 19.7 Å². The summed E-state index contributed by atoms with van der Waals surface area (Å²) in [6.07, 6.45) is -4.79. The van der Waals surface area contributed by atoms with Crippen molar-refractivity contribution in [3.05, 3.63) is 57.0 Å². The first-order valence-electron chi connectivity index (χ1n) is 7.59. The fourth-order valence-electron chi connectivity index (χ4n) is 2.77. The molecule has 26 heavy (non-hydrogen) atoms. The van der Waals surface area contributed by atoms with Crippen molar-refractivity contribution in [3.8, 4) is 0 Å². The van der Waals surface area contributed by atoms with Crippen molar-refractivity contribution >= 4 is 11.0 Å². The van der Waals surface area contributed by atoms with E-state index in [1.807, 2.05) is 0 Å². The van der Waals surface area contributed by atoms with E-state index in [-0.39, 0.29) is 22.3 Å². The Morgan fingerprint density at radius 2 is 2.04 bits per heavy atom. The van der Waals surface area contributed by atoms with Crippen LogP contribution in [0.4, 0.5) is 17.6 Å². The molecule has 0 amide bonds. The minimum atomic E-state index is -4.79. The second kappa shape index (κ2) is 6.20. The SMILES string of the molecule is Cc1nc2c(c(CO)nn2[C@H](C)c2ccc(C(F)(F)F)c(F)c2)c(=O)[nH]1. The number of nitrogens with zero attached hydrogens (tertiary/aromatic N) is 3. The van der Waals surface area contributed by atoms with E-state index in [4.69, 9.17) is 0 Å². The van der Waals surface area contributed by atoms with Crippen LogP contribution in [0.2, 0.25) is 0 Å². The molecule has 10 heteroatoms. The van der Waals surface area contributed by atoms with E-state index in [1.54, 1.807) is 13.8 Å². The second-order valence-corrected chi connectivity index (χ2v) is 5.81. The van der Waals surface area contributed by atoms with E-state index < -0.39 is 35.8 Å². The third kappa shape index (κ3) is 2.96. The Kier molecular flexibility index (Phi) is 4.31. The highest BCUT2D eigenvalue weighted by atomic mass is 19.4. The number of aromatic amines is 1. The molecule has 0 spiro atoms. The number of alkyl halides is 3. The van der Waals surface area contributed by atoms with Crippen molar-refractivity contribution < 1.29 is 22.7 Å². The molecule has 2 heterocycles. The van der Waals surface area contributed by atoms with Crippen LogP contribution in [0.15, 0.2) is 23.0 Å². The van der Waals surface area contributed by atoms with Crippen LogP contribution >= 0.6 is 0 Å². The maximum atomic E-state index is 13.9. The van der Waals surface area contributed by atoms with Crippen LogP contribution in [0.3, 0.4) is 0 Å². The van der Waals surface area contributed by atoms with Gasteiger partial charge in [-0.05, 0) is 31.5 Å². The zero-order valence-corrected chi connectivity index (χ0v) is 13.7. The average Bonchev–Trinajstić information content (AvgIpc) is 2.91. The number of fused-ring (bicyclic) bond motifs is 1. The van der Waals surface area contributed by atoms with Gasteiger partial charge in [-0.15, -0.1) is 0 Å². The number of nitrogens with one attached hydrogen (secondary N) is 1. The van der Waals surface area contributed by atoms with E-state index >= 15 is 0 Å². The number of aromatic nitrogens is 4. The number of aliphatic hydroxyl groups is 1. The topological polar surface area (TPSA) is 83.8 Å². The lowest BCUT2D eigenvalue weighted by molar-refractivity contribution is -0.140. The van der Waals surface area contributed by atoms with Gasteiger partial charge in [0.2, 0.25) is 0 Å². The molecule has 1 aromatic carbocycles. The minimum absolute atomic E-state index is 0.0768. The smallest absolute Gasteiger partial charge is 0.390 e. The standard InChI is InChI=1S/C16H14F4N4O2/c1-7(9-3-4-10(11(17)5-9)16(18,19)20)24-14-13(12(6-25)23-24)15(26)22-8(2)21-14/h3-5,7,25H,6H2,1-2H3,(H,21,22,26)/t7-/m1/s1. The molecule has 0 unspecified atom stereocenters. The molecule has 0 radical (unpaired) electrons. The van der Waals surface area contributed by atoms with Gasteiger partial charge in [0.25, 0.3) is 5.56 Å². The molecule has 138 valence electrons. The summed E-state index contributed by atoms with van der Waals surface area (Å²) in [5.41, 5.74) is -1.41. The third-order valence-corrected chi connectivity index (χ3v) is 4.05. The van der Waals surface area contributed by atoms with Crippen LogP contribution in [0.1, 0.15) is 35.6 Å². The predicted octanol–water partition coefficient (Wildman–Crippen LogP) is 2.69. The zero-order chi connectivity index (χ0) is 19.2. The van der Waals surface area contributed by atoms with Gasteiger partial charge in [0.05, 0.1) is 18.2 Å². The van der Waals surface area contributed by atoms with E-state index in [9.17, 15) is 27.5 Å². The first kappa shape index (κ1) is 18.1. The molecule has 2 N–H and O–H groups in total. The van der Waals surface area contributed by atoms with Crippen LogP contribution < -0.4 is 5.56 Å². The quantitative estimate of drug-likeness (QED) is 0.695. The predicted molar refractivity (Wildman–Crippen MR) is 84.0 cm³/mol. The summed E-state index contributed by atoms with van der Waals surface area (Å²) in [4.78, 5) is 18.8. The zero-order valence-electron chi connectivity index (χ0n) is 13.7. The van der Waals surface area contributed by atoms with Crippen molar-refractivity contribution in [2.45, 2.75) is 32.7 Å². The lowest BCUT2D eigenvalue weighted by Crippen LogP contribution is -2.14. The number of aliphatic hydroxyl groups excluding tert-OH is 1. The van der Waals surface area contributed by atoms with Crippen LogP contribution in [-0.4, -0.2) is 24.9 Å². The number of halogens is 4. The fraction of sp³-hybridized carbons (Fsp3) is 0.312. The molecule has 2 aromatic heterocycles. The maximum Gasteiger partial charge on any atom is 0.419 e. The molecule has 0 aliphatic heterocycles. The summed E-state index contributed by atoms with van der Waals surface area (Å²) < 4.78 is 53.3. The molecule has 1 atom stereocenters. The summed E-state index contributed by atoms with van der Waals surface area (Å²) in [7, 11) is 0. The van der Waals surface area contributed by atoms with Gasteiger partial charge >= 0.3 is 6.18 Å². The monoisotopic (exact) mass is 370 g/mol. The lowest BCUT2D eigenvalue weighted by atomic mass is 10.1. The Hall–Kier alpha value is -2.75. The minimum Gasteiger partial charge on any atom is -0.390 e. The highest BCUT2D eigenvalue weighted by Gasteiger charge is 2.34. The molecule has 6 nitrogen and oxygen atoms in total. The molecule has 3 aromatic rings. The molecular weight excluding hydrogens is 356 g/mol. The fourth-order valence-corrected chi connectivity index (χ4v) is 2.77. The molecule has 0 bridgehead atoms. The van der Waals surface area contributed by atoms with Gasteiger partial charge in [0.15, 0.2) is 5.65 Å². The first-order valence-corrected chi connectivity index (χ1v) is 7.59. The van der Waals surface area contributed by atoms with Crippen LogP contribution in [-0.2, 0) is 12.8 Å². The molecule has 0 aliphatic rings. The van der Waals surface area contributed by atoms with Crippen LogP contribution in [0.5, 0.6) is 0 Å². The molecule has 0 fully saturated rings. The molecule has 0 saturated heterocycles.